The fourth-order valence-electron chi connectivity index (χ4n) is 2.10. The maximum absolute atomic E-state index is 13.5. The van der Waals surface area contributed by atoms with Gasteiger partial charge < -0.3 is 9.64 Å². The number of rotatable bonds is 3. The largest absolute Gasteiger partial charge is 0.369 e. The molecule has 1 aliphatic heterocycles. The Bertz CT molecular complexity index is 454. The molecule has 0 aliphatic carbocycles. The molecule has 0 atom stereocenters. The number of hydrogen-bond donors (Lipinski definition) is 0. The van der Waals surface area contributed by atoms with Gasteiger partial charge in [0.25, 0.3) is 0 Å². The van der Waals surface area contributed by atoms with Gasteiger partial charge in [-0.2, -0.15) is 0 Å². The lowest BCUT2D eigenvalue weighted by Gasteiger charge is -2.37. The summed E-state index contributed by atoms with van der Waals surface area (Å²) in [6, 6.07) is 4.98. The van der Waals surface area contributed by atoms with E-state index >= 15 is 0 Å². The zero-order chi connectivity index (χ0) is 14.8. The molecule has 1 saturated heterocycles. The van der Waals surface area contributed by atoms with E-state index in [4.69, 9.17) is 16.3 Å². The van der Waals surface area contributed by atoms with Crippen molar-refractivity contribution in [3.8, 4) is 0 Å². The van der Waals surface area contributed by atoms with E-state index in [9.17, 15) is 4.39 Å². The Morgan fingerprint density at radius 1 is 1.20 bits per heavy atom. The summed E-state index contributed by atoms with van der Waals surface area (Å²) < 4.78 is 19.2. The van der Waals surface area contributed by atoms with Crippen LogP contribution in [-0.2, 0) is 4.74 Å². The Morgan fingerprint density at radius 3 is 2.40 bits per heavy atom. The van der Waals surface area contributed by atoms with Crippen molar-refractivity contribution in [3.05, 3.63) is 29.0 Å². The summed E-state index contributed by atoms with van der Waals surface area (Å²) in [4.78, 5) is 4.45. The molecule has 1 heterocycles. The molecule has 1 aromatic rings. The van der Waals surface area contributed by atoms with Crippen LogP contribution < -0.4 is 4.90 Å². The minimum absolute atomic E-state index is 0.115. The maximum Gasteiger partial charge on any atom is 0.143 e. The van der Waals surface area contributed by atoms with Crippen molar-refractivity contribution in [2.75, 3.05) is 37.8 Å². The molecular weight excluding hydrogens is 279 g/mol. The van der Waals surface area contributed by atoms with E-state index in [1.165, 1.54) is 6.07 Å². The van der Waals surface area contributed by atoms with E-state index in [0.717, 1.165) is 31.9 Å². The molecule has 1 fully saturated rings. The van der Waals surface area contributed by atoms with Gasteiger partial charge in [0, 0.05) is 31.9 Å². The summed E-state index contributed by atoms with van der Waals surface area (Å²) in [5.74, 6) is -0.359. The van der Waals surface area contributed by atoms with Gasteiger partial charge in [-0.3, -0.25) is 4.90 Å². The molecule has 0 unspecified atom stereocenters. The van der Waals surface area contributed by atoms with Gasteiger partial charge in [-0.1, -0.05) is 11.6 Å². The van der Waals surface area contributed by atoms with Crippen LogP contribution in [-0.4, -0.2) is 43.4 Å². The first-order valence-electron chi connectivity index (χ1n) is 6.91. The zero-order valence-corrected chi connectivity index (χ0v) is 13.1. The average Bonchev–Trinajstić information content (AvgIpc) is 2.39. The highest BCUT2D eigenvalue weighted by atomic mass is 35.5. The lowest BCUT2D eigenvalue weighted by atomic mass is 10.2. The predicted octanol–water partition coefficient (Wildman–Crippen LogP) is 3.37. The van der Waals surface area contributed by atoms with Gasteiger partial charge in [0.1, 0.15) is 5.82 Å². The standard InChI is InChI=1S/C15H22ClFN2O/c1-15(2,3)20-11-18-6-8-19(9-7-18)12-4-5-13(16)14(17)10-12/h4-5,10H,6-9,11H2,1-3H3. The van der Waals surface area contributed by atoms with Crippen LogP contribution in [0.15, 0.2) is 18.2 Å². The fraction of sp³-hybridized carbons (Fsp3) is 0.600. The third-order valence-electron chi connectivity index (χ3n) is 3.32. The van der Waals surface area contributed by atoms with Gasteiger partial charge in [0.15, 0.2) is 0 Å². The molecule has 0 amide bonds. The average molecular weight is 301 g/mol. The number of nitrogens with zero attached hydrogens (tertiary/aromatic N) is 2. The topological polar surface area (TPSA) is 15.7 Å². The highest BCUT2D eigenvalue weighted by Gasteiger charge is 2.20. The third kappa shape index (κ3) is 4.33. The molecule has 0 spiro atoms. The van der Waals surface area contributed by atoms with Gasteiger partial charge >= 0.3 is 0 Å². The zero-order valence-electron chi connectivity index (χ0n) is 12.3. The highest BCUT2D eigenvalue weighted by molar-refractivity contribution is 6.30. The van der Waals surface area contributed by atoms with E-state index in [1.54, 1.807) is 6.07 Å². The van der Waals surface area contributed by atoms with Gasteiger partial charge in [0.2, 0.25) is 0 Å². The van der Waals surface area contributed by atoms with E-state index in [1.807, 2.05) is 6.07 Å². The van der Waals surface area contributed by atoms with Crippen LogP contribution in [0.4, 0.5) is 10.1 Å². The van der Waals surface area contributed by atoms with Gasteiger partial charge in [-0.05, 0) is 39.0 Å². The van der Waals surface area contributed by atoms with E-state index in [-0.39, 0.29) is 16.4 Å². The SMILES string of the molecule is CC(C)(C)OCN1CCN(c2ccc(Cl)c(F)c2)CC1. The summed E-state index contributed by atoms with van der Waals surface area (Å²) in [5.41, 5.74) is 0.777. The Balaban J connectivity index is 1.86. The quantitative estimate of drug-likeness (QED) is 0.851. The van der Waals surface area contributed by atoms with Crippen molar-refractivity contribution in [1.29, 1.82) is 0 Å². The fourth-order valence-corrected chi connectivity index (χ4v) is 2.22. The second kappa shape index (κ2) is 6.29. The minimum atomic E-state index is -0.359. The summed E-state index contributed by atoms with van der Waals surface area (Å²) in [5, 5.41) is 0.172. The van der Waals surface area contributed by atoms with E-state index in [2.05, 4.69) is 30.6 Å². The number of benzene rings is 1. The van der Waals surface area contributed by atoms with Crippen LogP contribution >= 0.6 is 11.6 Å². The molecule has 20 heavy (non-hydrogen) atoms. The Kier molecular flexibility index (Phi) is 4.89. The van der Waals surface area contributed by atoms with Crippen molar-refractivity contribution in [3.63, 3.8) is 0 Å². The first-order chi connectivity index (χ1) is 9.35. The van der Waals surface area contributed by atoms with Crippen molar-refractivity contribution < 1.29 is 9.13 Å². The lowest BCUT2D eigenvalue weighted by molar-refractivity contribution is -0.0644. The summed E-state index contributed by atoms with van der Waals surface area (Å²) >= 11 is 5.71. The first kappa shape index (κ1) is 15.5. The van der Waals surface area contributed by atoms with Gasteiger partial charge in [0.05, 0.1) is 17.4 Å². The molecule has 3 nitrogen and oxygen atoms in total. The number of piperazine rings is 1. The summed E-state index contributed by atoms with van der Waals surface area (Å²) in [6.45, 7) is 10.4. The molecule has 112 valence electrons. The molecule has 0 aromatic heterocycles. The van der Waals surface area contributed by atoms with Crippen LogP contribution in [0.2, 0.25) is 5.02 Å². The normalized spacial score (nSPS) is 17.6. The molecule has 0 radical (unpaired) electrons. The highest BCUT2D eigenvalue weighted by Crippen LogP contribution is 2.23. The number of ether oxygens (including phenoxy) is 1. The second-order valence-electron chi connectivity index (χ2n) is 6.09. The molecule has 0 saturated carbocycles. The smallest absolute Gasteiger partial charge is 0.143 e. The van der Waals surface area contributed by atoms with Crippen molar-refractivity contribution >= 4 is 17.3 Å². The first-order valence-corrected chi connectivity index (χ1v) is 7.29. The number of halogens is 2. The van der Waals surface area contributed by atoms with Gasteiger partial charge in [-0.25, -0.2) is 4.39 Å². The number of anilines is 1. The molecule has 1 aromatic carbocycles. The lowest BCUT2D eigenvalue weighted by Crippen LogP contribution is -2.48. The molecule has 2 rings (SSSR count). The maximum atomic E-state index is 13.5. The predicted molar refractivity (Wildman–Crippen MR) is 80.9 cm³/mol. The van der Waals surface area contributed by atoms with E-state index < -0.39 is 0 Å². The van der Waals surface area contributed by atoms with Crippen LogP contribution in [0, 0.1) is 5.82 Å². The van der Waals surface area contributed by atoms with Crippen molar-refractivity contribution in [2.24, 2.45) is 0 Å². The van der Waals surface area contributed by atoms with Crippen LogP contribution in [0.5, 0.6) is 0 Å². The third-order valence-corrected chi connectivity index (χ3v) is 3.63. The summed E-state index contributed by atoms with van der Waals surface area (Å²) in [6.07, 6.45) is 0. The monoisotopic (exact) mass is 300 g/mol. The molecule has 0 bridgehead atoms. The molecule has 1 aliphatic rings. The van der Waals surface area contributed by atoms with Crippen molar-refractivity contribution in [1.82, 2.24) is 4.90 Å². The molecular formula is C15H22ClFN2O. The van der Waals surface area contributed by atoms with Crippen LogP contribution in [0.25, 0.3) is 0 Å². The minimum Gasteiger partial charge on any atom is -0.369 e. The number of hydrogen-bond acceptors (Lipinski definition) is 3. The molecule has 5 heteroatoms. The summed E-state index contributed by atoms with van der Waals surface area (Å²) in [7, 11) is 0. The second-order valence-corrected chi connectivity index (χ2v) is 6.50. The van der Waals surface area contributed by atoms with E-state index in [0.29, 0.717) is 6.73 Å². The Hall–Kier alpha value is -0.840. The van der Waals surface area contributed by atoms with Gasteiger partial charge in [-0.15, -0.1) is 0 Å². The van der Waals surface area contributed by atoms with Crippen LogP contribution in [0.1, 0.15) is 20.8 Å². The Morgan fingerprint density at radius 2 is 1.85 bits per heavy atom. The van der Waals surface area contributed by atoms with Crippen molar-refractivity contribution in [2.45, 2.75) is 26.4 Å². The Labute approximate surface area is 125 Å². The molecule has 0 N–H and O–H groups in total. The van der Waals surface area contributed by atoms with Crippen LogP contribution in [0.3, 0.4) is 0 Å².